The molecule has 1 amide bonds. The van der Waals surface area contributed by atoms with Crippen molar-refractivity contribution in [2.24, 2.45) is 0 Å². The summed E-state index contributed by atoms with van der Waals surface area (Å²) in [5, 5.41) is 3.06. The van der Waals surface area contributed by atoms with Gasteiger partial charge in [-0.15, -0.1) is 0 Å². The Labute approximate surface area is 156 Å². The van der Waals surface area contributed by atoms with E-state index in [4.69, 9.17) is 0 Å². The number of pyridine rings is 1. The maximum atomic E-state index is 12.8. The number of hydrogen-bond acceptors (Lipinski definition) is 4. The van der Waals surface area contributed by atoms with Crippen LogP contribution < -0.4 is 10.2 Å². The molecule has 5 nitrogen and oxygen atoms in total. The van der Waals surface area contributed by atoms with E-state index in [0.29, 0.717) is 5.56 Å². The summed E-state index contributed by atoms with van der Waals surface area (Å²) in [6, 6.07) is 6.12. The number of rotatable bonds is 4. The van der Waals surface area contributed by atoms with Crippen LogP contribution in [0.2, 0.25) is 0 Å². The number of amides is 1. The molecule has 1 saturated heterocycles. The maximum Gasteiger partial charge on any atom is 0.257 e. The van der Waals surface area contributed by atoms with Crippen LogP contribution in [0.25, 0.3) is 0 Å². The molecule has 1 aromatic carbocycles. The number of carbonyl (C=O) groups is 1. The molecule has 0 radical (unpaired) electrons. The molecule has 0 saturated carbocycles. The average Bonchev–Trinajstić information content (AvgIpc) is 2.64. The molecule has 3 rings (SSSR count). The fourth-order valence-corrected chi connectivity index (χ4v) is 3.61. The van der Waals surface area contributed by atoms with Crippen molar-refractivity contribution >= 4 is 17.3 Å². The molecule has 1 N–H and O–H groups in total. The van der Waals surface area contributed by atoms with Gasteiger partial charge in [-0.05, 0) is 44.5 Å². The largest absolute Gasteiger partial charge is 0.368 e. The second kappa shape index (κ2) is 7.87. The zero-order chi connectivity index (χ0) is 18.7. The highest BCUT2D eigenvalue weighted by molar-refractivity contribution is 6.05. The highest BCUT2D eigenvalue weighted by Crippen LogP contribution is 2.23. The number of aromatic nitrogens is 1. The van der Waals surface area contributed by atoms with Crippen molar-refractivity contribution in [2.45, 2.75) is 27.7 Å². The number of nitrogens with one attached hydrogen (secondary N) is 1. The Balaban J connectivity index is 1.75. The van der Waals surface area contributed by atoms with Gasteiger partial charge in [0.15, 0.2) is 0 Å². The van der Waals surface area contributed by atoms with Gasteiger partial charge >= 0.3 is 0 Å². The smallest absolute Gasteiger partial charge is 0.257 e. The molecule has 1 aliphatic rings. The van der Waals surface area contributed by atoms with Crippen LogP contribution >= 0.6 is 0 Å². The van der Waals surface area contributed by atoms with Gasteiger partial charge in [0.05, 0.1) is 17.4 Å². The van der Waals surface area contributed by atoms with E-state index in [-0.39, 0.29) is 5.91 Å². The number of benzene rings is 1. The van der Waals surface area contributed by atoms with Gasteiger partial charge in [-0.1, -0.05) is 24.6 Å². The molecule has 2 aromatic rings. The van der Waals surface area contributed by atoms with E-state index in [2.05, 4.69) is 46.1 Å². The lowest BCUT2D eigenvalue weighted by atomic mass is 10.0. The van der Waals surface area contributed by atoms with Crippen LogP contribution in [0.5, 0.6) is 0 Å². The SMILES string of the molecule is CCN1CCN(c2cncc(C(=O)Nc3c(C)cc(C)cc3C)c2)CC1. The highest BCUT2D eigenvalue weighted by Gasteiger charge is 2.18. The van der Waals surface area contributed by atoms with Crippen LogP contribution in [-0.2, 0) is 0 Å². The molecule has 26 heavy (non-hydrogen) atoms. The Kier molecular flexibility index (Phi) is 5.57. The molecule has 0 aliphatic carbocycles. The van der Waals surface area contributed by atoms with Gasteiger partial charge in [0.1, 0.15) is 0 Å². The topological polar surface area (TPSA) is 48.5 Å². The normalized spacial score (nSPS) is 15.2. The first-order valence-corrected chi connectivity index (χ1v) is 9.29. The van der Waals surface area contributed by atoms with Crippen LogP contribution in [-0.4, -0.2) is 48.5 Å². The van der Waals surface area contributed by atoms with Crippen molar-refractivity contribution in [3.8, 4) is 0 Å². The van der Waals surface area contributed by atoms with Crippen molar-refractivity contribution in [3.05, 3.63) is 52.8 Å². The quantitative estimate of drug-likeness (QED) is 0.916. The Bertz CT molecular complexity index is 771. The second-order valence-electron chi connectivity index (χ2n) is 7.08. The summed E-state index contributed by atoms with van der Waals surface area (Å²) < 4.78 is 0. The Hall–Kier alpha value is -2.40. The first-order valence-electron chi connectivity index (χ1n) is 9.29. The predicted molar refractivity (Wildman–Crippen MR) is 107 cm³/mol. The fraction of sp³-hybridized carbons (Fsp3) is 0.429. The summed E-state index contributed by atoms with van der Waals surface area (Å²) in [6.07, 6.45) is 3.49. The molecule has 0 unspecified atom stereocenters. The summed E-state index contributed by atoms with van der Waals surface area (Å²) in [5.41, 5.74) is 5.87. The Morgan fingerprint density at radius 3 is 2.31 bits per heavy atom. The number of likely N-dealkylation sites (N-methyl/N-ethyl adjacent to an activating group) is 1. The number of hydrogen-bond donors (Lipinski definition) is 1. The van der Waals surface area contributed by atoms with Crippen molar-refractivity contribution in [1.29, 1.82) is 0 Å². The van der Waals surface area contributed by atoms with Gasteiger partial charge in [-0.3, -0.25) is 9.78 Å². The first kappa shape index (κ1) is 18.4. The molecule has 0 spiro atoms. The van der Waals surface area contributed by atoms with Crippen molar-refractivity contribution in [2.75, 3.05) is 42.9 Å². The van der Waals surface area contributed by atoms with Crippen molar-refractivity contribution in [3.63, 3.8) is 0 Å². The van der Waals surface area contributed by atoms with Gasteiger partial charge < -0.3 is 15.1 Å². The van der Waals surface area contributed by atoms with Gasteiger partial charge in [0, 0.05) is 38.1 Å². The molecular formula is C21H28N4O. The Morgan fingerprint density at radius 2 is 1.69 bits per heavy atom. The third kappa shape index (κ3) is 4.05. The number of piperazine rings is 1. The number of nitrogens with zero attached hydrogens (tertiary/aromatic N) is 3. The van der Waals surface area contributed by atoms with Crippen LogP contribution in [0.3, 0.4) is 0 Å². The minimum atomic E-state index is -0.110. The molecular weight excluding hydrogens is 324 g/mol. The monoisotopic (exact) mass is 352 g/mol. The third-order valence-corrected chi connectivity index (χ3v) is 5.09. The first-order chi connectivity index (χ1) is 12.5. The summed E-state index contributed by atoms with van der Waals surface area (Å²) in [7, 11) is 0. The van der Waals surface area contributed by atoms with Crippen LogP contribution in [0.15, 0.2) is 30.6 Å². The minimum Gasteiger partial charge on any atom is -0.368 e. The van der Waals surface area contributed by atoms with E-state index in [1.807, 2.05) is 26.1 Å². The van der Waals surface area contributed by atoms with Gasteiger partial charge in [0.2, 0.25) is 0 Å². The van der Waals surface area contributed by atoms with Crippen molar-refractivity contribution in [1.82, 2.24) is 9.88 Å². The van der Waals surface area contributed by atoms with E-state index < -0.39 is 0 Å². The predicted octanol–water partition coefficient (Wildman–Crippen LogP) is 3.40. The number of anilines is 2. The molecule has 0 bridgehead atoms. The molecule has 0 atom stereocenters. The lowest BCUT2D eigenvalue weighted by Crippen LogP contribution is -2.46. The van der Waals surface area contributed by atoms with Crippen LogP contribution in [0.1, 0.15) is 34.0 Å². The summed E-state index contributed by atoms with van der Waals surface area (Å²) in [4.78, 5) is 21.8. The fourth-order valence-electron chi connectivity index (χ4n) is 3.61. The highest BCUT2D eigenvalue weighted by atomic mass is 16.1. The number of aryl methyl sites for hydroxylation is 3. The molecule has 1 aromatic heterocycles. The van der Waals surface area contributed by atoms with Gasteiger partial charge in [-0.2, -0.15) is 0 Å². The van der Waals surface area contributed by atoms with Crippen molar-refractivity contribution < 1.29 is 4.79 Å². The standard InChI is InChI=1S/C21H28N4O/c1-5-24-6-8-25(9-7-24)19-12-18(13-22-14-19)21(26)23-20-16(3)10-15(2)11-17(20)4/h10-14H,5-9H2,1-4H3,(H,23,26). The van der Waals surface area contributed by atoms with E-state index >= 15 is 0 Å². The third-order valence-electron chi connectivity index (χ3n) is 5.09. The molecule has 1 aliphatic heterocycles. The minimum absolute atomic E-state index is 0.110. The Morgan fingerprint density at radius 1 is 1.04 bits per heavy atom. The van der Waals surface area contributed by atoms with E-state index in [0.717, 1.165) is 55.2 Å². The number of carbonyl (C=O) groups excluding carboxylic acids is 1. The van der Waals surface area contributed by atoms with Gasteiger partial charge in [0.25, 0.3) is 5.91 Å². The second-order valence-corrected chi connectivity index (χ2v) is 7.08. The van der Waals surface area contributed by atoms with Crippen LogP contribution in [0.4, 0.5) is 11.4 Å². The zero-order valence-electron chi connectivity index (χ0n) is 16.2. The summed E-state index contributed by atoms with van der Waals surface area (Å²) >= 11 is 0. The lowest BCUT2D eigenvalue weighted by Gasteiger charge is -2.35. The van der Waals surface area contributed by atoms with Gasteiger partial charge in [-0.25, -0.2) is 0 Å². The molecule has 5 heteroatoms. The van der Waals surface area contributed by atoms with Crippen LogP contribution in [0, 0.1) is 20.8 Å². The molecule has 2 heterocycles. The zero-order valence-corrected chi connectivity index (χ0v) is 16.2. The maximum absolute atomic E-state index is 12.8. The summed E-state index contributed by atoms with van der Waals surface area (Å²) in [5.74, 6) is -0.110. The summed E-state index contributed by atoms with van der Waals surface area (Å²) in [6.45, 7) is 13.4. The molecule has 1 fully saturated rings. The average molecular weight is 352 g/mol. The van der Waals surface area contributed by atoms with E-state index in [1.165, 1.54) is 5.56 Å². The van der Waals surface area contributed by atoms with E-state index in [1.54, 1.807) is 6.20 Å². The lowest BCUT2D eigenvalue weighted by molar-refractivity contribution is 0.102. The molecule has 138 valence electrons. The van der Waals surface area contributed by atoms with E-state index in [9.17, 15) is 4.79 Å².